The molecule has 120 valence electrons. The van der Waals surface area contributed by atoms with E-state index in [4.69, 9.17) is 4.42 Å². The van der Waals surface area contributed by atoms with Gasteiger partial charge in [-0.3, -0.25) is 14.5 Å². The largest absolute Gasteiger partial charge is 0.468 e. The molecule has 0 aliphatic carbocycles. The van der Waals surface area contributed by atoms with Gasteiger partial charge < -0.3 is 15.1 Å². The number of nitrogens with zero attached hydrogens (tertiary/aromatic N) is 1. The van der Waals surface area contributed by atoms with E-state index in [9.17, 15) is 9.59 Å². The van der Waals surface area contributed by atoms with Crippen LogP contribution in [-0.2, 0) is 9.59 Å². The standard InChI is InChI=1S/C16H23N3O3/c20-15-7-6-12(18-15)16(21)17-11-13(14-5-4-10-22-14)19-8-2-1-3-9-19/h4-5,10,12-13H,1-3,6-9,11H2,(H,17,21)(H,18,20)/t12-,13-/m1/s1. The number of amides is 2. The lowest BCUT2D eigenvalue weighted by Gasteiger charge is -2.33. The summed E-state index contributed by atoms with van der Waals surface area (Å²) in [5, 5.41) is 5.68. The van der Waals surface area contributed by atoms with Crippen LogP contribution in [0.1, 0.15) is 43.9 Å². The highest BCUT2D eigenvalue weighted by Gasteiger charge is 2.29. The van der Waals surface area contributed by atoms with Gasteiger partial charge in [0.25, 0.3) is 0 Å². The van der Waals surface area contributed by atoms with Gasteiger partial charge in [0.2, 0.25) is 11.8 Å². The molecule has 2 N–H and O–H groups in total. The second-order valence-electron chi connectivity index (χ2n) is 6.03. The molecule has 0 radical (unpaired) electrons. The van der Waals surface area contributed by atoms with E-state index < -0.39 is 0 Å². The molecule has 0 spiro atoms. The van der Waals surface area contributed by atoms with Crippen molar-refractivity contribution < 1.29 is 14.0 Å². The molecular weight excluding hydrogens is 282 g/mol. The predicted molar refractivity (Wildman–Crippen MR) is 81.0 cm³/mol. The van der Waals surface area contributed by atoms with Crippen LogP contribution < -0.4 is 10.6 Å². The van der Waals surface area contributed by atoms with Gasteiger partial charge in [0.05, 0.1) is 12.3 Å². The lowest BCUT2D eigenvalue weighted by Crippen LogP contribution is -2.46. The highest BCUT2D eigenvalue weighted by molar-refractivity contribution is 5.90. The number of piperidine rings is 1. The van der Waals surface area contributed by atoms with Crippen LogP contribution in [0.5, 0.6) is 0 Å². The molecule has 6 heteroatoms. The fourth-order valence-corrected chi connectivity index (χ4v) is 3.25. The molecule has 0 unspecified atom stereocenters. The van der Waals surface area contributed by atoms with Crippen LogP contribution in [0.15, 0.2) is 22.8 Å². The first kappa shape index (κ1) is 15.1. The molecule has 3 heterocycles. The molecule has 3 rings (SSSR count). The topological polar surface area (TPSA) is 74.6 Å². The van der Waals surface area contributed by atoms with Gasteiger partial charge in [-0.15, -0.1) is 0 Å². The molecule has 0 aromatic carbocycles. The van der Waals surface area contributed by atoms with Crippen molar-refractivity contribution in [3.05, 3.63) is 24.2 Å². The number of carbonyl (C=O) groups is 2. The van der Waals surface area contributed by atoms with Crippen molar-refractivity contribution in [3.8, 4) is 0 Å². The van der Waals surface area contributed by atoms with Crippen LogP contribution in [0, 0.1) is 0 Å². The van der Waals surface area contributed by atoms with Crippen molar-refractivity contribution in [2.75, 3.05) is 19.6 Å². The fraction of sp³-hybridized carbons (Fsp3) is 0.625. The number of hydrogen-bond acceptors (Lipinski definition) is 4. The second-order valence-corrected chi connectivity index (χ2v) is 6.03. The minimum Gasteiger partial charge on any atom is -0.468 e. The predicted octanol–water partition coefficient (Wildman–Crippen LogP) is 1.20. The molecule has 2 saturated heterocycles. The summed E-state index contributed by atoms with van der Waals surface area (Å²) in [6, 6.07) is 3.52. The average molecular weight is 305 g/mol. The van der Waals surface area contributed by atoms with Crippen LogP contribution in [-0.4, -0.2) is 42.4 Å². The van der Waals surface area contributed by atoms with Gasteiger partial charge in [0, 0.05) is 13.0 Å². The van der Waals surface area contributed by atoms with Gasteiger partial charge in [-0.05, 0) is 44.5 Å². The van der Waals surface area contributed by atoms with E-state index in [-0.39, 0.29) is 23.9 Å². The van der Waals surface area contributed by atoms with Crippen molar-refractivity contribution in [1.29, 1.82) is 0 Å². The lowest BCUT2D eigenvalue weighted by atomic mass is 10.1. The fourth-order valence-electron chi connectivity index (χ4n) is 3.25. The number of nitrogens with one attached hydrogen (secondary N) is 2. The maximum absolute atomic E-state index is 12.2. The molecule has 1 aromatic heterocycles. The molecule has 2 aliphatic heterocycles. The molecule has 6 nitrogen and oxygen atoms in total. The SMILES string of the molecule is O=C1CC[C@H](C(=O)NC[C@H](c2ccco2)N2CCCCC2)N1. The van der Waals surface area contributed by atoms with Crippen molar-refractivity contribution >= 4 is 11.8 Å². The van der Waals surface area contributed by atoms with E-state index in [2.05, 4.69) is 15.5 Å². The summed E-state index contributed by atoms with van der Waals surface area (Å²) >= 11 is 0. The molecule has 0 bridgehead atoms. The number of hydrogen-bond donors (Lipinski definition) is 2. The molecule has 0 saturated carbocycles. The zero-order valence-electron chi connectivity index (χ0n) is 12.7. The zero-order valence-corrected chi connectivity index (χ0v) is 12.7. The third-order valence-electron chi connectivity index (χ3n) is 4.48. The minimum absolute atomic E-state index is 0.0428. The Labute approximate surface area is 130 Å². The van der Waals surface area contributed by atoms with Crippen LogP contribution in [0.2, 0.25) is 0 Å². The van der Waals surface area contributed by atoms with Gasteiger partial charge in [0.1, 0.15) is 11.8 Å². The summed E-state index contributed by atoms with van der Waals surface area (Å²) in [5.41, 5.74) is 0. The molecule has 2 fully saturated rings. The van der Waals surface area contributed by atoms with Gasteiger partial charge in [0.15, 0.2) is 0 Å². The van der Waals surface area contributed by atoms with Gasteiger partial charge in [-0.1, -0.05) is 6.42 Å². The lowest BCUT2D eigenvalue weighted by molar-refractivity contribution is -0.126. The van der Waals surface area contributed by atoms with E-state index in [0.29, 0.717) is 19.4 Å². The molecule has 22 heavy (non-hydrogen) atoms. The van der Waals surface area contributed by atoms with Crippen LogP contribution >= 0.6 is 0 Å². The van der Waals surface area contributed by atoms with E-state index in [1.165, 1.54) is 19.3 Å². The first-order chi connectivity index (χ1) is 10.7. The quantitative estimate of drug-likeness (QED) is 0.857. The summed E-state index contributed by atoms with van der Waals surface area (Å²) in [4.78, 5) is 25.8. The summed E-state index contributed by atoms with van der Waals surface area (Å²) < 4.78 is 5.56. The van der Waals surface area contributed by atoms with E-state index >= 15 is 0 Å². The maximum Gasteiger partial charge on any atom is 0.242 e. The van der Waals surface area contributed by atoms with E-state index in [0.717, 1.165) is 18.8 Å². The molecule has 2 aliphatic rings. The summed E-state index contributed by atoms with van der Waals surface area (Å²) in [5.74, 6) is 0.746. The van der Waals surface area contributed by atoms with Gasteiger partial charge in [-0.2, -0.15) is 0 Å². The number of likely N-dealkylation sites (tertiary alicyclic amines) is 1. The Balaban J connectivity index is 1.60. The second kappa shape index (κ2) is 6.96. The van der Waals surface area contributed by atoms with Crippen LogP contribution in [0.3, 0.4) is 0 Å². The summed E-state index contributed by atoms with van der Waals surface area (Å²) in [6.45, 7) is 2.57. The first-order valence-electron chi connectivity index (χ1n) is 8.08. The Morgan fingerprint density at radius 1 is 1.41 bits per heavy atom. The Kier molecular flexibility index (Phi) is 4.77. The summed E-state index contributed by atoms with van der Waals surface area (Å²) in [6.07, 6.45) is 6.33. The molecule has 2 atom stereocenters. The Morgan fingerprint density at radius 3 is 2.86 bits per heavy atom. The van der Waals surface area contributed by atoms with Crippen LogP contribution in [0.4, 0.5) is 0 Å². The van der Waals surface area contributed by atoms with Crippen molar-refractivity contribution in [1.82, 2.24) is 15.5 Å². The Morgan fingerprint density at radius 2 is 2.23 bits per heavy atom. The third-order valence-corrected chi connectivity index (χ3v) is 4.48. The van der Waals surface area contributed by atoms with Crippen molar-refractivity contribution in [2.24, 2.45) is 0 Å². The molecule has 1 aromatic rings. The highest BCUT2D eigenvalue weighted by atomic mass is 16.3. The van der Waals surface area contributed by atoms with Crippen molar-refractivity contribution in [2.45, 2.75) is 44.2 Å². The van der Waals surface area contributed by atoms with Gasteiger partial charge >= 0.3 is 0 Å². The minimum atomic E-state index is -0.383. The zero-order chi connectivity index (χ0) is 15.4. The highest BCUT2D eigenvalue weighted by Crippen LogP contribution is 2.24. The normalized spacial score (nSPS) is 24.0. The number of carbonyl (C=O) groups excluding carboxylic acids is 2. The van der Waals surface area contributed by atoms with E-state index in [1.54, 1.807) is 6.26 Å². The monoisotopic (exact) mass is 305 g/mol. The number of rotatable bonds is 5. The molecular formula is C16H23N3O3. The van der Waals surface area contributed by atoms with Crippen LogP contribution in [0.25, 0.3) is 0 Å². The maximum atomic E-state index is 12.2. The first-order valence-corrected chi connectivity index (χ1v) is 8.08. The van der Waals surface area contributed by atoms with Gasteiger partial charge in [-0.25, -0.2) is 0 Å². The van der Waals surface area contributed by atoms with Crippen molar-refractivity contribution in [3.63, 3.8) is 0 Å². The average Bonchev–Trinajstić information content (AvgIpc) is 3.20. The Bertz CT molecular complexity index is 509. The molecule has 2 amide bonds. The van der Waals surface area contributed by atoms with E-state index in [1.807, 2.05) is 12.1 Å². The Hall–Kier alpha value is -1.82. The third kappa shape index (κ3) is 3.50. The summed E-state index contributed by atoms with van der Waals surface area (Å²) in [7, 11) is 0. The smallest absolute Gasteiger partial charge is 0.242 e. The number of furan rings is 1.